The molecule has 1 unspecified atom stereocenters. The summed E-state index contributed by atoms with van der Waals surface area (Å²) in [5.41, 5.74) is 3.41. The average molecular weight is 261 g/mol. The zero-order valence-corrected chi connectivity index (χ0v) is 11.3. The Balaban J connectivity index is 2.17. The number of nitrogens with one attached hydrogen (secondary N) is 2. The fourth-order valence-electron chi connectivity index (χ4n) is 2.44. The smallest absolute Gasteiger partial charge is 0.303 e. The largest absolute Gasteiger partial charge is 0.364 e. The van der Waals surface area contributed by atoms with Crippen LogP contribution in [-0.4, -0.2) is 23.0 Å². The van der Waals surface area contributed by atoms with Gasteiger partial charge >= 0.3 is 5.91 Å². The molecule has 19 heavy (non-hydrogen) atoms. The highest BCUT2D eigenvalue weighted by molar-refractivity contribution is 5.83. The molecule has 5 nitrogen and oxygen atoms in total. The van der Waals surface area contributed by atoms with Crippen LogP contribution in [0.2, 0.25) is 0 Å². The standard InChI is InChI=1S/C14H19N3O2/c1-9(2)16-13(14(18)17-19)7-10-8-15-12-6-4-3-5-11(10)12/h3,5,8-9,13,15-16H,4,6-7H2,1-2H3. The number of rotatable bonds is 5. The highest BCUT2D eigenvalue weighted by atomic mass is 16.3. The summed E-state index contributed by atoms with van der Waals surface area (Å²) in [4.78, 5) is 25.3. The molecule has 0 saturated heterocycles. The summed E-state index contributed by atoms with van der Waals surface area (Å²) >= 11 is 0. The number of hydrogen-bond acceptors (Lipinski definition) is 3. The van der Waals surface area contributed by atoms with E-state index in [-0.39, 0.29) is 6.04 Å². The first-order chi connectivity index (χ1) is 9.11. The van der Waals surface area contributed by atoms with Gasteiger partial charge in [0, 0.05) is 23.1 Å². The number of amides is 1. The van der Waals surface area contributed by atoms with Gasteiger partial charge in [0.15, 0.2) is 0 Å². The van der Waals surface area contributed by atoms with E-state index >= 15 is 0 Å². The molecule has 0 bridgehead atoms. The summed E-state index contributed by atoms with van der Waals surface area (Å²) < 4.78 is 0. The van der Waals surface area contributed by atoms with Crippen molar-refractivity contribution in [3.63, 3.8) is 0 Å². The van der Waals surface area contributed by atoms with Crippen LogP contribution >= 0.6 is 0 Å². The molecule has 1 aliphatic rings. The van der Waals surface area contributed by atoms with Gasteiger partial charge in [-0.25, -0.2) is 0 Å². The van der Waals surface area contributed by atoms with Crippen molar-refractivity contribution in [1.29, 1.82) is 0 Å². The molecule has 1 heterocycles. The Morgan fingerprint density at radius 2 is 2.32 bits per heavy atom. The van der Waals surface area contributed by atoms with E-state index in [1.54, 1.807) is 0 Å². The SMILES string of the molecule is CC(C)NC(Cc1c[nH]c2c1C=CCC2)C(=O)N=O. The predicted molar refractivity (Wildman–Crippen MR) is 74.7 cm³/mol. The third kappa shape index (κ3) is 3.17. The maximum Gasteiger partial charge on any atom is 0.303 e. The number of nitroso groups, excluding NO2 is 1. The Kier molecular flexibility index (Phi) is 4.27. The zero-order valence-electron chi connectivity index (χ0n) is 11.3. The molecule has 0 saturated carbocycles. The van der Waals surface area contributed by atoms with E-state index < -0.39 is 11.9 Å². The lowest BCUT2D eigenvalue weighted by atomic mass is 9.97. The quantitative estimate of drug-likeness (QED) is 0.798. The topological polar surface area (TPSA) is 74.3 Å². The van der Waals surface area contributed by atoms with Crippen LogP contribution < -0.4 is 5.32 Å². The Morgan fingerprint density at radius 1 is 1.53 bits per heavy atom. The van der Waals surface area contributed by atoms with Crippen LogP contribution in [-0.2, 0) is 17.6 Å². The molecule has 5 heteroatoms. The lowest BCUT2D eigenvalue weighted by molar-refractivity contribution is -0.120. The second-order valence-electron chi connectivity index (χ2n) is 5.15. The molecule has 2 rings (SSSR count). The van der Waals surface area contributed by atoms with Crippen molar-refractivity contribution in [1.82, 2.24) is 10.3 Å². The molecular formula is C14H19N3O2. The minimum Gasteiger partial charge on any atom is -0.364 e. The van der Waals surface area contributed by atoms with E-state index in [0.29, 0.717) is 6.42 Å². The maximum atomic E-state index is 11.6. The normalized spacial score (nSPS) is 15.3. The van der Waals surface area contributed by atoms with Crippen LogP contribution in [0.5, 0.6) is 0 Å². The fourth-order valence-corrected chi connectivity index (χ4v) is 2.44. The van der Waals surface area contributed by atoms with Gasteiger partial charge in [0.05, 0.1) is 6.04 Å². The number of nitrogens with zero attached hydrogens (tertiary/aromatic N) is 1. The van der Waals surface area contributed by atoms with Crippen LogP contribution in [0.25, 0.3) is 6.08 Å². The van der Waals surface area contributed by atoms with Gasteiger partial charge in [0.1, 0.15) is 0 Å². The van der Waals surface area contributed by atoms with E-state index in [1.165, 1.54) is 5.69 Å². The van der Waals surface area contributed by atoms with Gasteiger partial charge < -0.3 is 10.3 Å². The number of aromatic nitrogens is 1. The van der Waals surface area contributed by atoms with Gasteiger partial charge in [-0.15, -0.1) is 4.91 Å². The summed E-state index contributed by atoms with van der Waals surface area (Å²) in [6.45, 7) is 3.88. The van der Waals surface area contributed by atoms with Crippen LogP contribution in [0.15, 0.2) is 17.4 Å². The lowest BCUT2D eigenvalue weighted by Crippen LogP contribution is -2.41. The number of carbonyl (C=O) groups is 1. The lowest BCUT2D eigenvalue weighted by Gasteiger charge is -2.17. The molecule has 1 atom stereocenters. The molecule has 1 aromatic heterocycles. The highest BCUT2D eigenvalue weighted by Gasteiger charge is 2.23. The maximum absolute atomic E-state index is 11.6. The molecule has 0 radical (unpaired) electrons. The molecule has 0 fully saturated rings. The monoisotopic (exact) mass is 261 g/mol. The van der Waals surface area contributed by atoms with E-state index in [9.17, 15) is 9.70 Å². The molecule has 102 valence electrons. The first kappa shape index (κ1) is 13.7. The average Bonchev–Trinajstić information content (AvgIpc) is 2.80. The second-order valence-corrected chi connectivity index (χ2v) is 5.15. The number of fused-ring (bicyclic) bond motifs is 1. The Labute approximate surface area is 112 Å². The van der Waals surface area contributed by atoms with Gasteiger partial charge in [0.25, 0.3) is 0 Å². The van der Waals surface area contributed by atoms with E-state index in [0.717, 1.165) is 24.0 Å². The van der Waals surface area contributed by atoms with Gasteiger partial charge in [-0.1, -0.05) is 26.0 Å². The molecular weight excluding hydrogens is 242 g/mol. The first-order valence-electron chi connectivity index (χ1n) is 6.60. The third-order valence-corrected chi connectivity index (χ3v) is 3.28. The fraction of sp³-hybridized carbons (Fsp3) is 0.500. The van der Waals surface area contributed by atoms with E-state index in [1.807, 2.05) is 20.0 Å². The number of aryl methyl sites for hydroxylation is 1. The summed E-state index contributed by atoms with van der Waals surface area (Å²) in [5, 5.41) is 5.65. The molecule has 0 aliphatic heterocycles. The summed E-state index contributed by atoms with van der Waals surface area (Å²) in [7, 11) is 0. The summed E-state index contributed by atoms with van der Waals surface area (Å²) in [5.74, 6) is -0.636. The molecule has 1 aromatic rings. The third-order valence-electron chi connectivity index (χ3n) is 3.28. The first-order valence-corrected chi connectivity index (χ1v) is 6.60. The van der Waals surface area contributed by atoms with Crippen LogP contribution in [0.4, 0.5) is 0 Å². The Morgan fingerprint density at radius 3 is 3.00 bits per heavy atom. The van der Waals surface area contributed by atoms with Crippen LogP contribution in [0.1, 0.15) is 37.1 Å². The minimum atomic E-state index is -0.636. The van der Waals surface area contributed by atoms with Crippen molar-refractivity contribution in [2.24, 2.45) is 5.18 Å². The van der Waals surface area contributed by atoms with Gasteiger partial charge in [-0.3, -0.25) is 4.79 Å². The molecule has 1 aliphatic carbocycles. The zero-order chi connectivity index (χ0) is 13.8. The number of hydrogen-bond donors (Lipinski definition) is 2. The summed E-state index contributed by atoms with van der Waals surface area (Å²) in [6.07, 6.45) is 8.65. The van der Waals surface area contributed by atoms with Crippen molar-refractivity contribution in [2.75, 3.05) is 0 Å². The summed E-state index contributed by atoms with van der Waals surface area (Å²) in [6, 6.07) is -0.422. The van der Waals surface area contributed by atoms with Gasteiger partial charge in [-0.05, 0) is 30.4 Å². The molecule has 2 N–H and O–H groups in total. The van der Waals surface area contributed by atoms with Crippen molar-refractivity contribution < 1.29 is 4.79 Å². The predicted octanol–water partition coefficient (Wildman–Crippen LogP) is 2.18. The van der Waals surface area contributed by atoms with Crippen molar-refractivity contribution >= 4 is 12.0 Å². The highest BCUT2D eigenvalue weighted by Crippen LogP contribution is 2.23. The van der Waals surface area contributed by atoms with Gasteiger partial charge in [0.2, 0.25) is 0 Å². The van der Waals surface area contributed by atoms with E-state index in [4.69, 9.17) is 0 Å². The van der Waals surface area contributed by atoms with Gasteiger partial charge in [-0.2, -0.15) is 0 Å². The second kappa shape index (κ2) is 5.93. The molecule has 0 aromatic carbocycles. The van der Waals surface area contributed by atoms with E-state index in [2.05, 4.69) is 27.6 Å². The van der Waals surface area contributed by atoms with Crippen molar-refractivity contribution in [3.8, 4) is 0 Å². The van der Waals surface area contributed by atoms with Crippen molar-refractivity contribution in [3.05, 3.63) is 34.0 Å². The number of H-pyrrole nitrogens is 1. The Hall–Kier alpha value is -1.75. The van der Waals surface area contributed by atoms with Crippen LogP contribution in [0.3, 0.4) is 0 Å². The number of allylic oxidation sites excluding steroid dienone is 1. The number of carbonyl (C=O) groups excluding carboxylic acids is 1. The van der Waals surface area contributed by atoms with Crippen LogP contribution in [0, 0.1) is 4.91 Å². The molecule has 1 amide bonds. The number of aromatic amines is 1. The van der Waals surface area contributed by atoms with Crippen molar-refractivity contribution in [2.45, 2.75) is 45.2 Å². The molecule has 0 spiro atoms. The Bertz CT molecular complexity index is 503. The minimum absolute atomic E-state index is 0.126.